The van der Waals surface area contributed by atoms with Crippen LogP contribution in [0.1, 0.15) is 33.3 Å². The van der Waals surface area contributed by atoms with Gasteiger partial charge in [-0.05, 0) is 45.4 Å². The first-order chi connectivity index (χ1) is 9.87. The van der Waals surface area contributed by atoms with E-state index in [0.29, 0.717) is 10.8 Å². The topological polar surface area (TPSA) is 39.1 Å². The molecule has 114 valence electrons. The van der Waals surface area contributed by atoms with Crippen LogP contribution in [0.25, 0.3) is 0 Å². The molecule has 0 saturated carbocycles. The number of hydrogen-bond acceptors (Lipinski definition) is 3. The third-order valence-corrected chi connectivity index (χ3v) is 3.35. The average Bonchev–Trinajstić information content (AvgIpc) is 2.84. The summed E-state index contributed by atoms with van der Waals surface area (Å²) in [6.45, 7) is 9.97. The zero-order chi connectivity index (χ0) is 15.5. The van der Waals surface area contributed by atoms with Gasteiger partial charge in [0.15, 0.2) is 5.75 Å². The van der Waals surface area contributed by atoms with Gasteiger partial charge in [-0.2, -0.15) is 5.10 Å². The Labute approximate surface area is 131 Å². The molecule has 0 radical (unpaired) electrons. The largest absolute Gasteiger partial charge is 0.454 e. The van der Waals surface area contributed by atoms with Crippen molar-refractivity contribution < 1.29 is 4.74 Å². The SMILES string of the molecule is CCn1cc(Oc2ccc(CNC(C)(C)C)c(Cl)c2)cn1. The summed E-state index contributed by atoms with van der Waals surface area (Å²) in [5, 5.41) is 8.30. The molecule has 21 heavy (non-hydrogen) atoms. The second kappa shape index (κ2) is 6.50. The highest BCUT2D eigenvalue weighted by Gasteiger charge is 2.11. The quantitative estimate of drug-likeness (QED) is 0.898. The van der Waals surface area contributed by atoms with Crippen molar-refractivity contribution in [2.24, 2.45) is 0 Å². The van der Waals surface area contributed by atoms with Gasteiger partial charge >= 0.3 is 0 Å². The van der Waals surface area contributed by atoms with E-state index in [4.69, 9.17) is 16.3 Å². The molecule has 2 aromatic rings. The molecule has 0 saturated heterocycles. The lowest BCUT2D eigenvalue weighted by molar-refractivity contribution is 0.424. The molecule has 0 unspecified atom stereocenters. The van der Waals surface area contributed by atoms with E-state index in [1.165, 1.54) is 0 Å². The predicted molar refractivity (Wildman–Crippen MR) is 86.0 cm³/mol. The van der Waals surface area contributed by atoms with Crippen molar-refractivity contribution in [2.45, 2.75) is 46.3 Å². The van der Waals surface area contributed by atoms with Crippen LogP contribution in [0.5, 0.6) is 11.5 Å². The van der Waals surface area contributed by atoms with Crippen LogP contribution in [-0.4, -0.2) is 15.3 Å². The summed E-state index contributed by atoms with van der Waals surface area (Å²) in [5.74, 6) is 1.43. The lowest BCUT2D eigenvalue weighted by Crippen LogP contribution is -2.35. The molecule has 2 rings (SSSR count). The number of ether oxygens (including phenoxy) is 1. The van der Waals surface area contributed by atoms with Gasteiger partial charge in [0.25, 0.3) is 0 Å². The van der Waals surface area contributed by atoms with Crippen LogP contribution in [0.2, 0.25) is 5.02 Å². The van der Waals surface area contributed by atoms with E-state index in [-0.39, 0.29) is 5.54 Å². The minimum atomic E-state index is 0.0627. The van der Waals surface area contributed by atoms with Crippen molar-refractivity contribution in [2.75, 3.05) is 0 Å². The molecule has 0 aliphatic carbocycles. The van der Waals surface area contributed by atoms with Gasteiger partial charge in [-0.25, -0.2) is 0 Å². The number of nitrogens with zero attached hydrogens (tertiary/aromatic N) is 2. The number of hydrogen-bond donors (Lipinski definition) is 1. The van der Waals surface area contributed by atoms with Crippen LogP contribution in [0, 0.1) is 0 Å². The molecule has 0 aliphatic heterocycles. The fourth-order valence-electron chi connectivity index (χ4n) is 1.80. The number of halogens is 1. The van der Waals surface area contributed by atoms with Gasteiger partial charge in [0.2, 0.25) is 0 Å². The first kappa shape index (κ1) is 15.9. The van der Waals surface area contributed by atoms with E-state index in [0.717, 1.165) is 24.4 Å². The molecule has 0 spiro atoms. The van der Waals surface area contributed by atoms with Gasteiger partial charge in [0.05, 0.1) is 12.4 Å². The Morgan fingerprint density at radius 1 is 1.29 bits per heavy atom. The number of benzene rings is 1. The Bertz CT molecular complexity index is 602. The fraction of sp³-hybridized carbons (Fsp3) is 0.438. The van der Waals surface area contributed by atoms with Gasteiger partial charge in [-0.1, -0.05) is 17.7 Å². The number of aromatic nitrogens is 2. The van der Waals surface area contributed by atoms with E-state index in [1.807, 2.05) is 36.0 Å². The predicted octanol–water partition coefficient (Wildman–Crippen LogP) is 4.24. The maximum absolute atomic E-state index is 6.32. The first-order valence-electron chi connectivity index (χ1n) is 7.11. The third-order valence-electron chi connectivity index (χ3n) is 3.00. The normalized spacial score (nSPS) is 11.7. The van der Waals surface area contributed by atoms with Gasteiger partial charge in [-0.15, -0.1) is 0 Å². The zero-order valence-corrected chi connectivity index (χ0v) is 13.7. The Hall–Kier alpha value is -1.52. The smallest absolute Gasteiger partial charge is 0.165 e. The summed E-state index contributed by atoms with van der Waals surface area (Å²) < 4.78 is 7.57. The zero-order valence-electron chi connectivity index (χ0n) is 13.0. The van der Waals surface area contributed by atoms with E-state index in [1.54, 1.807) is 6.20 Å². The van der Waals surface area contributed by atoms with Crippen molar-refractivity contribution in [3.63, 3.8) is 0 Å². The minimum absolute atomic E-state index is 0.0627. The van der Waals surface area contributed by atoms with Crippen molar-refractivity contribution in [3.8, 4) is 11.5 Å². The Morgan fingerprint density at radius 3 is 2.62 bits per heavy atom. The molecule has 5 heteroatoms. The van der Waals surface area contributed by atoms with Crippen molar-refractivity contribution in [1.82, 2.24) is 15.1 Å². The van der Waals surface area contributed by atoms with E-state index >= 15 is 0 Å². The molecule has 1 aromatic heterocycles. The van der Waals surface area contributed by atoms with Gasteiger partial charge in [0.1, 0.15) is 5.75 Å². The fourth-order valence-corrected chi connectivity index (χ4v) is 2.04. The molecule has 4 nitrogen and oxygen atoms in total. The second-order valence-electron chi connectivity index (χ2n) is 5.99. The number of aryl methyl sites for hydroxylation is 1. The van der Waals surface area contributed by atoms with Gasteiger partial charge in [-0.3, -0.25) is 4.68 Å². The summed E-state index contributed by atoms with van der Waals surface area (Å²) in [4.78, 5) is 0. The van der Waals surface area contributed by atoms with Gasteiger partial charge < -0.3 is 10.1 Å². The monoisotopic (exact) mass is 307 g/mol. The standard InChI is InChI=1S/C16H22ClN3O/c1-5-20-11-14(10-19-20)21-13-7-6-12(15(17)8-13)9-18-16(2,3)4/h6-8,10-11,18H,5,9H2,1-4H3. The lowest BCUT2D eigenvalue weighted by atomic mass is 10.1. The van der Waals surface area contributed by atoms with Crippen LogP contribution < -0.4 is 10.1 Å². The molecule has 0 bridgehead atoms. The van der Waals surface area contributed by atoms with Crippen LogP contribution >= 0.6 is 11.6 Å². The molecule has 1 N–H and O–H groups in total. The highest BCUT2D eigenvalue weighted by molar-refractivity contribution is 6.31. The molecular weight excluding hydrogens is 286 g/mol. The van der Waals surface area contributed by atoms with Crippen LogP contribution in [0.15, 0.2) is 30.6 Å². The number of nitrogens with one attached hydrogen (secondary N) is 1. The van der Waals surface area contributed by atoms with Crippen LogP contribution in [-0.2, 0) is 13.1 Å². The summed E-state index contributed by atoms with van der Waals surface area (Å²) in [6.07, 6.45) is 3.56. The van der Waals surface area contributed by atoms with Crippen molar-refractivity contribution in [1.29, 1.82) is 0 Å². The molecule has 1 aromatic carbocycles. The summed E-state index contributed by atoms with van der Waals surface area (Å²) in [7, 11) is 0. The van der Waals surface area contributed by atoms with E-state index < -0.39 is 0 Å². The molecule has 0 fully saturated rings. The Kier molecular flexibility index (Phi) is 4.91. The maximum Gasteiger partial charge on any atom is 0.165 e. The highest BCUT2D eigenvalue weighted by atomic mass is 35.5. The molecule has 0 amide bonds. The van der Waals surface area contributed by atoms with Crippen molar-refractivity contribution in [3.05, 3.63) is 41.2 Å². The molecule has 1 heterocycles. The molecule has 0 aliphatic rings. The van der Waals surface area contributed by atoms with E-state index in [2.05, 4.69) is 31.2 Å². The Morgan fingerprint density at radius 2 is 2.05 bits per heavy atom. The van der Waals surface area contributed by atoms with Crippen LogP contribution in [0.4, 0.5) is 0 Å². The first-order valence-corrected chi connectivity index (χ1v) is 7.49. The lowest BCUT2D eigenvalue weighted by Gasteiger charge is -2.21. The van der Waals surface area contributed by atoms with E-state index in [9.17, 15) is 0 Å². The summed E-state index contributed by atoms with van der Waals surface area (Å²) >= 11 is 6.32. The minimum Gasteiger partial charge on any atom is -0.454 e. The second-order valence-corrected chi connectivity index (χ2v) is 6.40. The average molecular weight is 308 g/mol. The van der Waals surface area contributed by atoms with Crippen molar-refractivity contribution >= 4 is 11.6 Å². The van der Waals surface area contributed by atoms with Crippen LogP contribution in [0.3, 0.4) is 0 Å². The van der Waals surface area contributed by atoms with Gasteiger partial charge in [0, 0.05) is 23.7 Å². The summed E-state index contributed by atoms with van der Waals surface area (Å²) in [6, 6.07) is 5.75. The maximum atomic E-state index is 6.32. The summed E-state index contributed by atoms with van der Waals surface area (Å²) in [5.41, 5.74) is 1.12. The third kappa shape index (κ3) is 4.76. The Balaban J connectivity index is 2.04. The molecule has 0 atom stereocenters. The number of rotatable bonds is 5. The highest BCUT2D eigenvalue weighted by Crippen LogP contribution is 2.26. The molecular formula is C16H22ClN3O.